The van der Waals surface area contributed by atoms with Gasteiger partial charge in [-0.1, -0.05) is 20.8 Å². The molecule has 0 spiro atoms. The zero-order chi connectivity index (χ0) is 12.6. The first kappa shape index (κ1) is 12.8. The Labute approximate surface area is 112 Å². The lowest BCUT2D eigenvalue weighted by atomic mass is 9.88. The number of rotatable bonds is 3. The van der Waals surface area contributed by atoms with Crippen LogP contribution in [0.15, 0.2) is 10.7 Å². The van der Waals surface area contributed by atoms with E-state index in [2.05, 4.69) is 58.9 Å². The fourth-order valence-electron chi connectivity index (χ4n) is 1.47. The predicted molar refractivity (Wildman–Crippen MR) is 74.2 cm³/mol. The van der Waals surface area contributed by atoms with E-state index in [-0.39, 0.29) is 5.41 Å². The third-order valence-electron chi connectivity index (χ3n) is 3.32. The van der Waals surface area contributed by atoms with Crippen LogP contribution < -0.4 is 5.32 Å². The molecule has 1 saturated carbocycles. The smallest absolute Gasteiger partial charge is 0.135 e. The number of nitrogens with zero attached hydrogens (tertiary/aromatic N) is 2. The van der Waals surface area contributed by atoms with Crippen LogP contribution in [-0.2, 0) is 0 Å². The zero-order valence-corrected chi connectivity index (χ0v) is 12.5. The Morgan fingerprint density at radius 1 is 1.35 bits per heavy atom. The number of hydrogen-bond acceptors (Lipinski definition) is 3. The van der Waals surface area contributed by atoms with Crippen molar-refractivity contribution in [1.82, 2.24) is 9.97 Å². The molecule has 1 N–H and O–H groups in total. The van der Waals surface area contributed by atoms with E-state index < -0.39 is 0 Å². The highest BCUT2D eigenvalue weighted by atomic mass is 79.9. The molecular weight excluding hydrogens is 278 g/mol. The fourth-order valence-corrected chi connectivity index (χ4v) is 1.87. The van der Waals surface area contributed by atoms with Gasteiger partial charge in [0.1, 0.15) is 16.2 Å². The summed E-state index contributed by atoms with van der Waals surface area (Å²) in [6.07, 6.45) is 2.45. The topological polar surface area (TPSA) is 37.8 Å². The molecule has 1 aliphatic rings. The molecule has 1 heterocycles. The van der Waals surface area contributed by atoms with Crippen LogP contribution in [0.3, 0.4) is 0 Å². The summed E-state index contributed by atoms with van der Waals surface area (Å²) in [5.74, 6) is 2.48. The van der Waals surface area contributed by atoms with Crippen LogP contribution in [0.5, 0.6) is 0 Å². The normalized spacial score (nSPS) is 17.9. The molecule has 94 valence electrons. The molecule has 1 aliphatic carbocycles. The first-order chi connectivity index (χ1) is 7.86. The highest BCUT2D eigenvalue weighted by molar-refractivity contribution is 9.10. The van der Waals surface area contributed by atoms with Crippen molar-refractivity contribution in [2.24, 2.45) is 5.41 Å². The van der Waals surface area contributed by atoms with E-state index >= 15 is 0 Å². The monoisotopic (exact) mass is 297 g/mol. The largest absolute Gasteiger partial charge is 0.367 e. The van der Waals surface area contributed by atoms with Gasteiger partial charge in [-0.3, -0.25) is 0 Å². The van der Waals surface area contributed by atoms with Crippen LogP contribution in [0, 0.1) is 5.41 Å². The second-order valence-electron chi connectivity index (χ2n) is 5.94. The van der Waals surface area contributed by atoms with Gasteiger partial charge in [0, 0.05) is 18.0 Å². The standard InChI is InChI=1S/C13H20BrN3/c1-8(13(2,3)4)15-11-7-10(14)16-12(17-11)9-5-6-9/h7-9H,5-6H2,1-4H3,(H,15,16,17). The van der Waals surface area contributed by atoms with Crippen molar-refractivity contribution < 1.29 is 0 Å². The molecule has 0 radical (unpaired) electrons. The SMILES string of the molecule is CC(Nc1cc(Br)nc(C2CC2)n1)C(C)(C)C. The Morgan fingerprint density at radius 3 is 2.53 bits per heavy atom. The van der Waals surface area contributed by atoms with Crippen LogP contribution in [0.25, 0.3) is 0 Å². The Hall–Kier alpha value is -0.640. The van der Waals surface area contributed by atoms with Crippen LogP contribution in [0.4, 0.5) is 5.82 Å². The molecule has 1 unspecified atom stereocenters. The average molecular weight is 298 g/mol. The minimum Gasteiger partial charge on any atom is -0.367 e. The summed E-state index contributed by atoms with van der Waals surface area (Å²) < 4.78 is 0.873. The van der Waals surface area contributed by atoms with E-state index in [1.165, 1.54) is 12.8 Å². The van der Waals surface area contributed by atoms with Gasteiger partial charge in [0.2, 0.25) is 0 Å². The predicted octanol–water partition coefficient (Wildman–Crippen LogP) is 3.96. The van der Waals surface area contributed by atoms with Crippen molar-refractivity contribution in [3.8, 4) is 0 Å². The van der Waals surface area contributed by atoms with E-state index in [1.54, 1.807) is 0 Å². The molecule has 0 aromatic carbocycles. The quantitative estimate of drug-likeness (QED) is 0.858. The van der Waals surface area contributed by atoms with Crippen molar-refractivity contribution in [1.29, 1.82) is 0 Å². The Balaban J connectivity index is 2.15. The Morgan fingerprint density at radius 2 is 2.00 bits per heavy atom. The molecule has 0 bridgehead atoms. The number of halogens is 1. The fraction of sp³-hybridized carbons (Fsp3) is 0.692. The second kappa shape index (κ2) is 4.56. The lowest BCUT2D eigenvalue weighted by Gasteiger charge is -2.28. The molecule has 2 rings (SSSR count). The lowest BCUT2D eigenvalue weighted by molar-refractivity contribution is 0.358. The lowest BCUT2D eigenvalue weighted by Crippen LogP contribution is -2.31. The maximum Gasteiger partial charge on any atom is 0.135 e. The molecule has 1 fully saturated rings. The molecule has 3 nitrogen and oxygen atoms in total. The van der Waals surface area contributed by atoms with E-state index in [0.29, 0.717) is 12.0 Å². The number of anilines is 1. The summed E-state index contributed by atoms with van der Waals surface area (Å²) in [6, 6.07) is 2.32. The van der Waals surface area contributed by atoms with Crippen LogP contribution in [0.2, 0.25) is 0 Å². The van der Waals surface area contributed by atoms with Crippen LogP contribution in [0.1, 0.15) is 52.3 Å². The maximum atomic E-state index is 4.60. The maximum absolute atomic E-state index is 4.60. The highest BCUT2D eigenvalue weighted by Gasteiger charge is 2.27. The Bertz CT molecular complexity index is 408. The van der Waals surface area contributed by atoms with E-state index in [9.17, 15) is 0 Å². The summed E-state index contributed by atoms with van der Waals surface area (Å²) in [5, 5.41) is 3.46. The summed E-state index contributed by atoms with van der Waals surface area (Å²) >= 11 is 3.46. The van der Waals surface area contributed by atoms with Crippen molar-refractivity contribution in [2.75, 3.05) is 5.32 Å². The first-order valence-electron chi connectivity index (χ1n) is 6.17. The average Bonchev–Trinajstić information content (AvgIpc) is 2.97. The van der Waals surface area contributed by atoms with Gasteiger partial charge in [-0.05, 0) is 41.1 Å². The zero-order valence-electron chi connectivity index (χ0n) is 10.9. The summed E-state index contributed by atoms with van der Waals surface area (Å²) in [4.78, 5) is 9.03. The third kappa shape index (κ3) is 3.41. The van der Waals surface area contributed by atoms with Gasteiger partial charge in [0.15, 0.2) is 0 Å². The molecule has 1 aromatic heterocycles. The molecule has 4 heteroatoms. The van der Waals surface area contributed by atoms with Gasteiger partial charge < -0.3 is 5.32 Å². The van der Waals surface area contributed by atoms with Gasteiger partial charge in [-0.15, -0.1) is 0 Å². The molecule has 0 amide bonds. The van der Waals surface area contributed by atoms with Gasteiger partial charge >= 0.3 is 0 Å². The second-order valence-corrected chi connectivity index (χ2v) is 6.75. The van der Waals surface area contributed by atoms with Gasteiger partial charge in [-0.25, -0.2) is 9.97 Å². The molecule has 17 heavy (non-hydrogen) atoms. The summed E-state index contributed by atoms with van der Waals surface area (Å²) in [7, 11) is 0. The molecule has 0 aliphatic heterocycles. The Kier molecular flexibility index (Phi) is 3.43. The minimum absolute atomic E-state index is 0.219. The number of hydrogen-bond donors (Lipinski definition) is 1. The molecule has 0 saturated heterocycles. The number of nitrogens with one attached hydrogen (secondary N) is 1. The van der Waals surface area contributed by atoms with E-state index in [1.807, 2.05) is 6.07 Å². The molecular formula is C13H20BrN3. The summed E-state index contributed by atoms with van der Waals surface area (Å²) in [6.45, 7) is 8.86. The van der Waals surface area contributed by atoms with Crippen LogP contribution in [-0.4, -0.2) is 16.0 Å². The minimum atomic E-state index is 0.219. The molecule has 1 aromatic rings. The summed E-state index contributed by atoms with van der Waals surface area (Å²) in [5.41, 5.74) is 0.219. The molecule has 1 atom stereocenters. The van der Waals surface area contributed by atoms with Crippen molar-refractivity contribution in [2.45, 2.75) is 52.5 Å². The van der Waals surface area contributed by atoms with Crippen molar-refractivity contribution >= 4 is 21.7 Å². The van der Waals surface area contributed by atoms with Gasteiger partial charge in [0.05, 0.1) is 0 Å². The number of aromatic nitrogens is 2. The van der Waals surface area contributed by atoms with Crippen LogP contribution >= 0.6 is 15.9 Å². The third-order valence-corrected chi connectivity index (χ3v) is 3.72. The van der Waals surface area contributed by atoms with E-state index in [0.717, 1.165) is 16.2 Å². The van der Waals surface area contributed by atoms with Crippen molar-refractivity contribution in [3.63, 3.8) is 0 Å². The van der Waals surface area contributed by atoms with Gasteiger partial charge in [0.25, 0.3) is 0 Å². The highest BCUT2D eigenvalue weighted by Crippen LogP contribution is 2.39. The first-order valence-corrected chi connectivity index (χ1v) is 6.96. The van der Waals surface area contributed by atoms with E-state index in [4.69, 9.17) is 0 Å². The van der Waals surface area contributed by atoms with Crippen molar-refractivity contribution in [3.05, 3.63) is 16.5 Å². The van der Waals surface area contributed by atoms with Gasteiger partial charge in [-0.2, -0.15) is 0 Å².